The fourth-order valence-corrected chi connectivity index (χ4v) is 3.14. The smallest absolute Gasteiger partial charge is 0.326 e. The molecular weight excluding hydrogens is 304 g/mol. The van der Waals surface area contributed by atoms with E-state index in [2.05, 4.69) is 5.32 Å². The second kappa shape index (κ2) is 6.83. The fourth-order valence-electron chi connectivity index (χ4n) is 2.20. The molecule has 0 radical (unpaired) electrons. The highest BCUT2D eigenvalue weighted by Gasteiger charge is 2.29. The Morgan fingerprint density at radius 1 is 1.36 bits per heavy atom. The SMILES string of the molecule is CC(C)[C@@H](NC(=O)CN1C(=O)CSc2ccccc21)C(=O)O. The zero-order chi connectivity index (χ0) is 16.3. The number of nitrogens with zero attached hydrogens (tertiary/aromatic N) is 1. The number of fused-ring (bicyclic) bond motifs is 1. The van der Waals surface area contributed by atoms with Crippen molar-refractivity contribution >= 4 is 35.2 Å². The Morgan fingerprint density at radius 2 is 2.05 bits per heavy atom. The lowest BCUT2D eigenvalue weighted by molar-refractivity contribution is -0.142. The number of carbonyl (C=O) groups excluding carboxylic acids is 2. The number of aliphatic carboxylic acids is 1. The Balaban J connectivity index is 2.11. The van der Waals surface area contributed by atoms with Gasteiger partial charge in [-0.2, -0.15) is 0 Å². The summed E-state index contributed by atoms with van der Waals surface area (Å²) in [6.07, 6.45) is 0. The Bertz CT molecular complexity index is 603. The molecule has 0 saturated carbocycles. The van der Waals surface area contributed by atoms with Crippen molar-refractivity contribution in [2.45, 2.75) is 24.8 Å². The number of hydrogen-bond acceptors (Lipinski definition) is 4. The number of para-hydroxylation sites is 1. The van der Waals surface area contributed by atoms with Crippen molar-refractivity contribution in [2.24, 2.45) is 5.92 Å². The van der Waals surface area contributed by atoms with Crippen LogP contribution in [-0.2, 0) is 14.4 Å². The summed E-state index contributed by atoms with van der Waals surface area (Å²) in [6, 6.07) is 6.39. The van der Waals surface area contributed by atoms with Crippen LogP contribution >= 0.6 is 11.8 Å². The molecule has 2 amide bonds. The number of carboxylic acids is 1. The molecule has 2 rings (SSSR count). The maximum absolute atomic E-state index is 12.1. The van der Waals surface area contributed by atoms with Crippen molar-refractivity contribution in [2.75, 3.05) is 17.2 Å². The molecule has 0 aromatic heterocycles. The van der Waals surface area contributed by atoms with Crippen LogP contribution in [0.5, 0.6) is 0 Å². The van der Waals surface area contributed by atoms with Gasteiger partial charge in [0.15, 0.2) is 0 Å². The first-order chi connectivity index (χ1) is 10.4. The predicted octanol–water partition coefficient (Wildman–Crippen LogP) is 1.35. The van der Waals surface area contributed by atoms with Crippen LogP contribution in [0.15, 0.2) is 29.2 Å². The normalized spacial score (nSPS) is 15.4. The lowest BCUT2D eigenvalue weighted by atomic mass is 10.0. The Kier molecular flexibility index (Phi) is 5.07. The number of rotatable bonds is 5. The average molecular weight is 322 g/mol. The lowest BCUT2D eigenvalue weighted by Crippen LogP contribution is -2.50. The van der Waals surface area contributed by atoms with Gasteiger partial charge in [-0.15, -0.1) is 11.8 Å². The Labute approximate surface area is 132 Å². The van der Waals surface area contributed by atoms with Crippen LogP contribution in [0.1, 0.15) is 13.8 Å². The number of carbonyl (C=O) groups is 3. The minimum atomic E-state index is -1.08. The molecule has 118 valence electrons. The highest BCUT2D eigenvalue weighted by atomic mass is 32.2. The molecule has 7 heteroatoms. The molecule has 0 unspecified atom stereocenters. The minimum Gasteiger partial charge on any atom is -0.480 e. The highest BCUT2D eigenvalue weighted by molar-refractivity contribution is 8.00. The number of amides is 2. The molecule has 1 heterocycles. The number of benzene rings is 1. The number of carboxylic acid groups (broad SMARTS) is 1. The van der Waals surface area contributed by atoms with Crippen molar-refractivity contribution in [3.8, 4) is 0 Å². The van der Waals surface area contributed by atoms with Gasteiger partial charge in [0.1, 0.15) is 12.6 Å². The first-order valence-electron chi connectivity index (χ1n) is 6.94. The van der Waals surface area contributed by atoms with Gasteiger partial charge >= 0.3 is 5.97 Å². The number of anilines is 1. The molecule has 0 fully saturated rings. The van der Waals surface area contributed by atoms with E-state index in [-0.39, 0.29) is 24.1 Å². The second-order valence-corrected chi connectivity index (χ2v) is 6.38. The minimum absolute atomic E-state index is 0.157. The summed E-state index contributed by atoms with van der Waals surface area (Å²) in [5.41, 5.74) is 0.690. The number of hydrogen-bond donors (Lipinski definition) is 2. The molecular formula is C15H18N2O4S. The quantitative estimate of drug-likeness (QED) is 0.854. The second-order valence-electron chi connectivity index (χ2n) is 5.36. The molecule has 1 atom stereocenters. The summed E-state index contributed by atoms with van der Waals surface area (Å²) in [7, 11) is 0. The van der Waals surface area contributed by atoms with E-state index in [0.717, 1.165) is 4.90 Å². The van der Waals surface area contributed by atoms with Gasteiger partial charge in [0.2, 0.25) is 11.8 Å². The van der Waals surface area contributed by atoms with Crippen molar-refractivity contribution < 1.29 is 19.5 Å². The maximum Gasteiger partial charge on any atom is 0.326 e. The van der Waals surface area contributed by atoms with Crippen LogP contribution in [0.25, 0.3) is 0 Å². The molecule has 1 aromatic rings. The van der Waals surface area contributed by atoms with E-state index >= 15 is 0 Å². The molecule has 1 aromatic carbocycles. The van der Waals surface area contributed by atoms with Crippen LogP contribution in [0.2, 0.25) is 0 Å². The molecule has 0 bridgehead atoms. The van der Waals surface area contributed by atoms with Crippen molar-refractivity contribution in [3.63, 3.8) is 0 Å². The highest BCUT2D eigenvalue weighted by Crippen LogP contribution is 2.34. The molecule has 0 saturated heterocycles. The summed E-state index contributed by atoms with van der Waals surface area (Å²) < 4.78 is 0. The van der Waals surface area contributed by atoms with E-state index in [9.17, 15) is 14.4 Å². The topological polar surface area (TPSA) is 86.7 Å². The van der Waals surface area contributed by atoms with E-state index < -0.39 is 17.9 Å². The van der Waals surface area contributed by atoms with Crippen molar-refractivity contribution in [3.05, 3.63) is 24.3 Å². The zero-order valence-electron chi connectivity index (χ0n) is 12.4. The van der Waals surface area contributed by atoms with Gasteiger partial charge in [-0.1, -0.05) is 26.0 Å². The van der Waals surface area contributed by atoms with Gasteiger partial charge in [0.25, 0.3) is 0 Å². The summed E-state index contributed by atoms with van der Waals surface area (Å²) in [4.78, 5) is 37.6. The monoisotopic (exact) mass is 322 g/mol. The van der Waals surface area contributed by atoms with Gasteiger partial charge in [0, 0.05) is 4.90 Å². The average Bonchev–Trinajstić information content (AvgIpc) is 2.47. The third-order valence-electron chi connectivity index (χ3n) is 3.36. The van der Waals surface area contributed by atoms with Gasteiger partial charge in [-0.3, -0.25) is 9.59 Å². The molecule has 0 aliphatic carbocycles. The number of nitrogens with one attached hydrogen (secondary N) is 1. The van der Waals surface area contributed by atoms with Gasteiger partial charge in [-0.25, -0.2) is 4.79 Å². The molecule has 1 aliphatic rings. The standard InChI is InChI=1S/C15H18N2O4S/c1-9(2)14(15(20)21)16-12(18)7-17-10-5-3-4-6-11(10)22-8-13(17)19/h3-6,9,14H,7-8H2,1-2H3,(H,16,18)(H,20,21)/t14-/m1/s1. The largest absolute Gasteiger partial charge is 0.480 e. The summed E-state index contributed by atoms with van der Waals surface area (Å²) in [5.74, 6) is -1.67. The Hall–Kier alpha value is -2.02. The molecule has 1 aliphatic heterocycles. The van der Waals surface area contributed by atoms with E-state index in [1.807, 2.05) is 12.1 Å². The predicted molar refractivity (Wildman–Crippen MR) is 83.9 cm³/mol. The summed E-state index contributed by atoms with van der Waals surface area (Å²) >= 11 is 1.43. The lowest BCUT2D eigenvalue weighted by Gasteiger charge is -2.29. The maximum atomic E-state index is 12.1. The fraction of sp³-hybridized carbons (Fsp3) is 0.400. The van der Waals surface area contributed by atoms with Crippen molar-refractivity contribution in [1.82, 2.24) is 5.32 Å². The Morgan fingerprint density at radius 3 is 2.68 bits per heavy atom. The third kappa shape index (κ3) is 3.59. The van der Waals surface area contributed by atoms with E-state index in [4.69, 9.17) is 5.11 Å². The van der Waals surface area contributed by atoms with Gasteiger partial charge in [0.05, 0.1) is 11.4 Å². The van der Waals surface area contributed by atoms with Crippen LogP contribution < -0.4 is 10.2 Å². The molecule has 22 heavy (non-hydrogen) atoms. The van der Waals surface area contributed by atoms with E-state index in [1.165, 1.54) is 16.7 Å². The molecule has 2 N–H and O–H groups in total. The zero-order valence-corrected chi connectivity index (χ0v) is 13.2. The first-order valence-corrected chi connectivity index (χ1v) is 7.93. The van der Waals surface area contributed by atoms with Crippen LogP contribution in [0, 0.1) is 5.92 Å². The van der Waals surface area contributed by atoms with Gasteiger partial charge in [-0.05, 0) is 18.1 Å². The van der Waals surface area contributed by atoms with Crippen LogP contribution in [0.4, 0.5) is 5.69 Å². The van der Waals surface area contributed by atoms with Crippen LogP contribution in [0.3, 0.4) is 0 Å². The molecule has 6 nitrogen and oxygen atoms in total. The molecule has 0 spiro atoms. The van der Waals surface area contributed by atoms with Crippen molar-refractivity contribution in [1.29, 1.82) is 0 Å². The van der Waals surface area contributed by atoms with E-state index in [0.29, 0.717) is 5.69 Å². The summed E-state index contributed by atoms with van der Waals surface area (Å²) in [6.45, 7) is 3.26. The third-order valence-corrected chi connectivity index (χ3v) is 4.41. The first kappa shape index (κ1) is 16.4. The van der Waals surface area contributed by atoms with Crippen LogP contribution in [-0.4, -0.2) is 41.2 Å². The number of thioether (sulfide) groups is 1. The van der Waals surface area contributed by atoms with E-state index in [1.54, 1.807) is 26.0 Å². The summed E-state index contributed by atoms with van der Waals surface area (Å²) in [5, 5.41) is 11.6. The van der Waals surface area contributed by atoms with Gasteiger partial charge < -0.3 is 15.3 Å².